The summed E-state index contributed by atoms with van der Waals surface area (Å²) in [7, 11) is 0. The van der Waals surface area contributed by atoms with Gasteiger partial charge in [-0.3, -0.25) is 0 Å². The first-order valence-electron chi connectivity index (χ1n) is 4.68. The van der Waals surface area contributed by atoms with Crippen LogP contribution >= 0.6 is 0 Å². The van der Waals surface area contributed by atoms with Gasteiger partial charge in [0.2, 0.25) is 0 Å². The first-order valence-corrected chi connectivity index (χ1v) is 4.68. The molecule has 78 valence electrons. The van der Waals surface area contributed by atoms with Crippen molar-refractivity contribution in [3.8, 4) is 0 Å². The van der Waals surface area contributed by atoms with Crippen molar-refractivity contribution in [2.45, 2.75) is 32.3 Å². The van der Waals surface area contributed by atoms with Gasteiger partial charge in [-0.1, -0.05) is 31.5 Å². The van der Waals surface area contributed by atoms with Crippen LogP contribution in [0.15, 0.2) is 24.3 Å². The maximum atomic E-state index is 13.4. The molecule has 0 radical (unpaired) electrons. The molecule has 3 heteroatoms. The monoisotopic (exact) mass is 200 g/mol. The van der Waals surface area contributed by atoms with Crippen molar-refractivity contribution >= 4 is 0 Å². The molecule has 0 aromatic heterocycles. The number of halogens is 2. The highest BCUT2D eigenvalue weighted by atomic mass is 19.3. The second kappa shape index (κ2) is 4.51. The minimum Gasteiger partial charge on any atom is -0.392 e. The highest BCUT2D eigenvalue weighted by Crippen LogP contribution is 2.32. The molecule has 1 N–H and O–H groups in total. The standard InChI is InChI=1S/C11H14F2O/c1-2-6-11(12,13)10-5-3-4-9(7-10)8-14/h3-5,7,14H,2,6,8H2,1H3. The molecule has 1 aromatic rings. The van der Waals surface area contributed by atoms with E-state index in [4.69, 9.17) is 5.11 Å². The number of alkyl halides is 2. The summed E-state index contributed by atoms with van der Waals surface area (Å²) >= 11 is 0. The van der Waals surface area contributed by atoms with Crippen molar-refractivity contribution in [3.05, 3.63) is 35.4 Å². The molecule has 0 aliphatic rings. The molecular formula is C11H14F2O. The van der Waals surface area contributed by atoms with Crippen LogP contribution < -0.4 is 0 Å². The number of aliphatic hydroxyl groups is 1. The third-order valence-corrected chi connectivity index (χ3v) is 2.10. The summed E-state index contributed by atoms with van der Waals surface area (Å²) < 4.78 is 26.8. The van der Waals surface area contributed by atoms with Crippen LogP contribution in [0.4, 0.5) is 8.78 Å². The maximum absolute atomic E-state index is 13.4. The lowest BCUT2D eigenvalue weighted by Crippen LogP contribution is -2.12. The zero-order chi connectivity index (χ0) is 10.6. The quantitative estimate of drug-likeness (QED) is 0.791. The molecule has 0 aliphatic heterocycles. The predicted octanol–water partition coefficient (Wildman–Crippen LogP) is 3.07. The molecule has 0 heterocycles. The zero-order valence-corrected chi connectivity index (χ0v) is 8.13. The Morgan fingerprint density at radius 3 is 2.64 bits per heavy atom. The molecule has 0 atom stereocenters. The van der Waals surface area contributed by atoms with Crippen LogP contribution in [0.2, 0.25) is 0 Å². The van der Waals surface area contributed by atoms with Gasteiger partial charge in [0.1, 0.15) is 0 Å². The molecule has 14 heavy (non-hydrogen) atoms. The Hall–Kier alpha value is -0.960. The lowest BCUT2D eigenvalue weighted by molar-refractivity contribution is -0.0141. The molecule has 0 amide bonds. The summed E-state index contributed by atoms with van der Waals surface area (Å²) in [6.45, 7) is 1.53. The Labute approximate surface area is 82.4 Å². The third kappa shape index (κ3) is 2.51. The molecular weight excluding hydrogens is 186 g/mol. The Balaban J connectivity index is 2.93. The second-order valence-corrected chi connectivity index (χ2v) is 3.31. The molecule has 0 unspecified atom stereocenters. The molecule has 0 saturated heterocycles. The van der Waals surface area contributed by atoms with Crippen LogP contribution in [0.1, 0.15) is 30.9 Å². The van der Waals surface area contributed by atoms with Gasteiger partial charge in [0.05, 0.1) is 6.61 Å². The maximum Gasteiger partial charge on any atom is 0.273 e. The van der Waals surface area contributed by atoms with Crippen molar-refractivity contribution in [3.63, 3.8) is 0 Å². The fourth-order valence-corrected chi connectivity index (χ4v) is 1.36. The fourth-order valence-electron chi connectivity index (χ4n) is 1.36. The SMILES string of the molecule is CCCC(F)(F)c1cccc(CO)c1. The Bertz CT molecular complexity index is 297. The number of aliphatic hydroxyl groups excluding tert-OH is 1. The van der Waals surface area contributed by atoms with Gasteiger partial charge >= 0.3 is 0 Å². The summed E-state index contributed by atoms with van der Waals surface area (Å²) in [5, 5.41) is 8.81. The minimum absolute atomic E-state index is 0.00843. The van der Waals surface area contributed by atoms with E-state index < -0.39 is 5.92 Å². The van der Waals surface area contributed by atoms with E-state index in [0.717, 1.165) is 0 Å². The lowest BCUT2D eigenvalue weighted by Gasteiger charge is -2.16. The first kappa shape index (κ1) is 11.1. The van der Waals surface area contributed by atoms with Crippen LogP contribution in [0.5, 0.6) is 0 Å². The largest absolute Gasteiger partial charge is 0.392 e. The van der Waals surface area contributed by atoms with Gasteiger partial charge in [-0.25, -0.2) is 8.78 Å². The molecule has 0 aliphatic carbocycles. The van der Waals surface area contributed by atoms with Crippen LogP contribution in [-0.2, 0) is 12.5 Å². The average molecular weight is 200 g/mol. The number of hydrogen-bond donors (Lipinski definition) is 1. The zero-order valence-electron chi connectivity index (χ0n) is 8.13. The van der Waals surface area contributed by atoms with E-state index in [0.29, 0.717) is 12.0 Å². The average Bonchev–Trinajstić information content (AvgIpc) is 2.18. The molecule has 0 fully saturated rings. The van der Waals surface area contributed by atoms with Gasteiger partial charge in [0.15, 0.2) is 0 Å². The molecule has 0 saturated carbocycles. The molecule has 1 rings (SSSR count). The van der Waals surface area contributed by atoms with Gasteiger partial charge in [-0.15, -0.1) is 0 Å². The van der Waals surface area contributed by atoms with E-state index in [-0.39, 0.29) is 18.6 Å². The van der Waals surface area contributed by atoms with Crippen LogP contribution in [0, 0.1) is 0 Å². The Kier molecular flexibility index (Phi) is 3.58. The van der Waals surface area contributed by atoms with Crippen LogP contribution in [0.3, 0.4) is 0 Å². The summed E-state index contributed by atoms with van der Waals surface area (Å²) in [6.07, 6.45) is 0.290. The topological polar surface area (TPSA) is 20.2 Å². The van der Waals surface area contributed by atoms with Crippen LogP contribution in [0.25, 0.3) is 0 Å². The fraction of sp³-hybridized carbons (Fsp3) is 0.455. The van der Waals surface area contributed by atoms with Gasteiger partial charge in [-0.2, -0.15) is 0 Å². The molecule has 0 spiro atoms. The Morgan fingerprint density at radius 2 is 2.07 bits per heavy atom. The minimum atomic E-state index is -2.78. The normalized spacial score (nSPS) is 11.7. The second-order valence-electron chi connectivity index (χ2n) is 3.31. The van der Waals surface area contributed by atoms with Crippen molar-refractivity contribution in [1.82, 2.24) is 0 Å². The predicted molar refractivity (Wildman–Crippen MR) is 51.2 cm³/mol. The summed E-state index contributed by atoms with van der Waals surface area (Å²) in [5.74, 6) is -2.78. The van der Waals surface area contributed by atoms with Crippen molar-refractivity contribution in [1.29, 1.82) is 0 Å². The first-order chi connectivity index (χ1) is 6.60. The summed E-state index contributed by atoms with van der Waals surface area (Å²) in [6, 6.07) is 5.93. The highest BCUT2D eigenvalue weighted by molar-refractivity contribution is 5.26. The smallest absolute Gasteiger partial charge is 0.273 e. The van der Waals surface area contributed by atoms with Crippen molar-refractivity contribution in [2.75, 3.05) is 0 Å². The number of benzene rings is 1. The lowest BCUT2D eigenvalue weighted by atomic mass is 10.0. The van der Waals surface area contributed by atoms with Gasteiger partial charge in [-0.05, 0) is 11.6 Å². The van der Waals surface area contributed by atoms with Gasteiger partial charge in [0.25, 0.3) is 5.92 Å². The molecule has 0 bridgehead atoms. The van der Waals surface area contributed by atoms with E-state index in [9.17, 15) is 8.78 Å². The van der Waals surface area contributed by atoms with E-state index >= 15 is 0 Å². The van der Waals surface area contributed by atoms with E-state index in [1.807, 2.05) is 0 Å². The Morgan fingerprint density at radius 1 is 1.36 bits per heavy atom. The number of rotatable bonds is 4. The summed E-state index contributed by atoms with van der Waals surface area (Å²) in [5.41, 5.74) is 0.518. The van der Waals surface area contributed by atoms with Gasteiger partial charge < -0.3 is 5.11 Å². The molecule has 1 aromatic carbocycles. The highest BCUT2D eigenvalue weighted by Gasteiger charge is 2.29. The molecule has 1 nitrogen and oxygen atoms in total. The van der Waals surface area contributed by atoms with E-state index in [1.165, 1.54) is 12.1 Å². The van der Waals surface area contributed by atoms with Gasteiger partial charge in [0, 0.05) is 12.0 Å². The third-order valence-electron chi connectivity index (χ3n) is 2.10. The van der Waals surface area contributed by atoms with Crippen molar-refractivity contribution < 1.29 is 13.9 Å². The van der Waals surface area contributed by atoms with E-state index in [2.05, 4.69) is 0 Å². The number of hydrogen-bond acceptors (Lipinski definition) is 1. The van der Waals surface area contributed by atoms with E-state index in [1.54, 1.807) is 19.1 Å². The van der Waals surface area contributed by atoms with Crippen molar-refractivity contribution in [2.24, 2.45) is 0 Å². The summed E-state index contributed by atoms with van der Waals surface area (Å²) in [4.78, 5) is 0. The van der Waals surface area contributed by atoms with Crippen LogP contribution in [-0.4, -0.2) is 5.11 Å².